The van der Waals surface area contributed by atoms with E-state index < -0.39 is 5.97 Å². The van der Waals surface area contributed by atoms with E-state index in [1.54, 1.807) is 0 Å². The van der Waals surface area contributed by atoms with E-state index in [-0.39, 0.29) is 6.42 Å². The maximum absolute atomic E-state index is 10.3. The summed E-state index contributed by atoms with van der Waals surface area (Å²) in [6, 6.07) is 0. The number of hydrogen-bond acceptors (Lipinski definition) is 3. The zero-order valence-corrected chi connectivity index (χ0v) is 7.23. The molecule has 0 saturated heterocycles. The Kier molecular flexibility index (Phi) is 2.00. The molecule has 0 amide bonds. The summed E-state index contributed by atoms with van der Waals surface area (Å²) in [5, 5.41) is 16.5. The fourth-order valence-corrected chi connectivity index (χ4v) is 1.61. The number of aromatic nitrogens is 3. The quantitative estimate of drug-likeness (QED) is 0.725. The first-order valence-corrected chi connectivity index (χ1v) is 4.40. The molecule has 1 aliphatic rings. The van der Waals surface area contributed by atoms with Crippen LogP contribution < -0.4 is 0 Å². The standard InChI is InChI=1S/C8H11N3O2/c12-8(13)4-3-7-10-9-6-2-1-5-11(6)7/h1-5H2,(H,12,13). The largest absolute Gasteiger partial charge is 0.481 e. The van der Waals surface area contributed by atoms with E-state index in [0.717, 1.165) is 31.0 Å². The van der Waals surface area contributed by atoms with E-state index in [4.69, 9.17) is 5.11 Å². The van der Waals surface area contributed by atoms with Crippen LogP contribution in [0.5, 0.6) is 0 Å². The Morgan fingerprint density at radius 2 is 2.38 bits per heavy atom. The molecule has 5 heteroatoms. The van der Waals surface area contributed by atoms with Gasteiger partial charge in [0.1, 0.15) is 11.6 Å². The molecule has 2 heterocycles. The van der Waals surface area contributed by atoms with Gasteiger partial charge >= 0.3 is 5.97 Å². The van der Waals surface area contributed by atoms with Gasteiger partial charge in [-0.2, -0.15) is 0 Å². The van der Waals surface area contributed by atoms with Crippen LogP contribution in [0.1, 0.15) is 24.5 Å². The van der Waals surface area contributed by atoms with Crippen molar-refractivity contribution in [2.45, 2.75) is 32.2 Å². The summed E-state index contributed by atoms with van der Waals surface area (Å²) >= 11 is 0. The zero-order chi connectivity index (χ0) is 9.26. The molecular weight excluding hydrogens is 170 g/mol. The molecule has 1 N–H and O–H groups in total. The number of nitrogens with zero attached hydrogens (tertiary/aromatic N) is 3. The Balaban J connectivity index is 2.08. The average Bonchev–Trinajstić information content (AvgIpc) is 2.60. The normalized spacial score (nSPS) is 14.5. The fourth-order valence-electron chi connectivity index (χ4n) is 1.61. The van der Waals surface area contributed by atoms with Crippen molar-refractivity contribution in [2.75, 3.05) is 0 Å². The lowest BCUT2D eigenvalue weighted by molar-refractivity contribution is -0.137. The lowest BCUT2D eigenvalue weighted by atomic mass is 10.3. The third-order valence-corrected chi connectivity index (χ3v) is 2.25. The number of carboxylic acids is 1. The number of aliphatic carboxylic acids is 1. The van der Waals surface area contributed by atoms with Gasteiger partial charge in [-0.3, -0.25) is 4.79 Å². The van der Waals surface area contributed by atoms with Gasteiger partial charge in [0.25, 0.3) is 0 Å². The van der Waals surface area contributed by atoms with Crippen molar-refractivity contribution in [2.24, 2.45) is 0 Å². The van der Waals surface area contributed by atoms with Gasteiger partial charge in [-0.05, 0) is 6.42 Å². The predicted octanol–water partition coefficient (Wildman–Crippen LogP) is 0.241. The number of fused-ring (bicyclic) bond motifs is 1. The molecule has 70 valence electrons. The van der Waals surface area contributed by atoms with Crippen LogP contribution in [0.15, 0.2) is 0 Å². The Morgan fingerprint density at radius 3 is 3.15 bits per heavy atom. The second-order valence-corrected chi connectivity index (χ2v) is 3.18. The number of rotatable bonds is 3. The molecule has 13 heavy (non-hydrogen) atoms. The monoisotopic (exact) mass is 181 g/mol. The molecule has 0 bridgehead atoms. The van der Waals surface area contributed by atoms with Crippen molar-refractivity contribution in [3.63, 3.8) is 0 Å². The molecular formula is C8H11N3O2. The molecule has 0 aliphatic carbocycles. The average molecular weight is 181 g/mol. The molecule has 5 nitrogen and oxygen atoms in total. The van der Waals surface area contributed by atoms with Crippen LogP contribution in [0.4, 0.5) is 0 Å². The smallest absolute Gasteiger partial charge is 0.303 e. The number of carboxylic acid groups (broad SMARTS) is 1. The molecule has 1 aromatic heterocycles. The van der Waals surface area contributed by atoms with Crippen LogP contribution in [0, 0.1) is 0 Å². The van der Waals surface area contributed by atoms with Crippen LogP contribution in [-0.4, -0.2) is 25.8 Å². The second-order valence-electron chi connectivity index (χ2n) is 3.18. The maximum atomic E-state index is 10.3. The highest BCUT2D eigenvalue weighted by atomic mass is 16.4. The first kappa shape index (κ1) is 8.22. The third kappa shape index (κ3) is 1.54. The first-order valence-electron chi connectivity index (χ1n) is 4.40. The minimum atomic E-state index is -0.782. The first-order chi connectivity index (χ1) is 6.27. The molecule has 1 aliphatic heterocycles. The van der Waals surface area contributed by atoms with E-state index in [0.29, 0.717) is 6.42 Å². The summed E-state index contributed by atoms with van der Waals surface area (Å²) in [6.07, 6.45) is 2.70. The van der Waals surface area contributed by atoms with Gasteiger partial charge in [-0.1, -0.05) is 0 Å². The van der Waals surface area contributed by atoms with Crippen molar-refractivity contribution >= 4 is 5.97 Å². The highest BCUT2D eigenvalue weighted by molar-refractivity contribution is 5.66. The summed E-state index contributed by atoms with van der Waals surface area (Å²) in [4.78, 5) is 10.3. The third-order valence-electron chi connectivity index (χ3n) is 2.25. The van der Waals surface area contributed by atoms with Crippen LogP contribution in [0.3, 0.4) is 0 Å². The van der Waals surface area contributed by atoms with Crippen molar-refractivity contribution in [3.05, 3.63) is 11.6 Å². The van der Waals surface area contributed by atoms with Gasteiger partial charge in [0.15, 0.2) is 0 Å². The number of carbonyl (C=O) groups is 1. The Morgan fingerprint density at radius 1 is 1.54 bits per heavy atom. The highest BCUT2D eigenvalue weighted by Crippen LogP contribution is 2.14. The van der Waals surface area contributed by atoms with Crippen molar-refractivity contribution in [1.29, 1.82) is 0 Å². The van der Waals surface area contributed by atoms with E-state index >= 15 is 0 Å². The summed E-state index contributed by atoms with van der Waals surface area (Å²) in [5.41, 5.74) is 0. The minimum Gasteiger partial charge on any atom is -0.481 e. The molecule has 0 atom stereocenters. The van der Waals surface area contributed by atoms with Gasteiger partial charge in [-0.25, -0.2) is 0 Å². The lowest BCUT2D eigenvalue weighted by Gasteiger charge is -1.99. The molecule has 2 rings (SSSR count). The van der Waals surface area contributed by atoms with E-state index in [1.807, 2.05) is 4.57 Å². The Labute approximate surface area is 75.4 Å². The molecule has 0 aromatic carbocycles. The topological polar surface area (TPSA) is 68.0 Å². The van der Waals surface area contributed by atoms with Crippen LogP contribution in [-0.2, 0) is 24.2 Å². The van der Waals surface area contributed by atoms with Crippen LogP contribution in [0.2, 0.25) is 0 Å². The number of aryl methyl sites for hydroxylation is 2. The molecule has 0 radical (unpaired) electrons. The molecule has 0 spiro atoms. The van der Waals surface area contributed by atoms with Crippen molar-refractivity contribution in [1.82, 2.24) is 14.8 Å². The molecule has 0 unspecified atom stereocenters. The summed E-state index contributed by atoms with van der Waals surface area (Å²) in [5.74, 6) is 1.03. The van der Waals surface area contributed by atoms with Crippen molar-refractivity contribution < 1.29 is 9.90 Å². The van der Waals surface area contributed by atoms with E-state index in [2.05, 4.69) is 10.2 Å². The zero-order valence-electron chi connectivity index (χ0n) is 7.23. The highest BCUT2D eigenvalue weighted by Gasteiger charge is 2.17. The summed E-state index contributed by atoms with van der Waals surface area (Å²) in [6.45, 7) is 0.942. The molecule has 1 aromatic rings. The van der Waals surface area contributed by atoms with Gasteiger partial charge in [-0.15, -0.1) is 10.2 Å². The fraction of sp³-hybridized carbons (Fsp3) is 0.625. The minimum absolute atomic E-state index is 0.137. The molecule has 0 fully saturated rings. The van der Waals surface area contributed by atoms with Gasteiger partial charge in [0.05, 0.1) is 6.42 Å². The van der Waals surface area contributed by atoms with Gasteiger partial charge in [0, 0.05) is 19.4 Å². The maximum Gasteiger partial charge on any atom is 0.303 e. The lowest BCUT2D eigenvalue weighted by Crippen LogP contribution is -2.04. The number of hydrogen-bond donors (Lipinski definition) is 1. The SMILES string of the molecule is O=C(O)CCc1nnc2n1CCC2. The van der Waals surface area contributed by atoms with Crippen molar-refractivity contribution in [3.8, 4) is 0 Å². The van der Waals surface area contributed by atoms with Gasteiger partial charge in [0.2, 0.25) is 0 Å². The van der Waals surface area contributed by atoms with Crippen LogP contribution >= 0.6 is 0 Å². The second kappa shape index (κ2) is 3.16. The molecule has 0 saturated carbocycles. The van der Waals surface area contributed by atoms with E-state index in [1.165, 1.54) is 0 Å². The summed E-state index contributed by atoms with van der Waals surface area (Å²) in [7, 11) is 0. The van der Waals surface area contributed by atoms with Crippen LogP contribution in [0.25, 0.3) is 0 Å². The Hall–Kier alpha value is -1.39. The van der Waals surface area contributed by atoms with Gasteiger partial charge < -0.3 is 9.67 Å². The summed E-state index contributed by atoms with van der Waals surface area (Å²) < 4.78 is 2.03. The van der Waals surface area contributed by atoms with E-state index in [9.17, 15) is 4.79 Å². The predicted molar refractivity (Wildman–Crippen MR) is 44.3 cm³/mol. The Bertz CT molecular complexity index is 332.